The highest BCUT2D eigenvalue weighted by molar-refractivity contribution is 14.0. The summed E-state index contributed by atoms with van der Waals surface area (Å²) in [6, 6.07) is 14.0. The predicted molar refractivity (Wildman–Crippen MR) is 134 cm³/mol. The van der Waals surface area contributed by atoms with Crippen LogP contribution in [0.2, 0.25) is 5.15 Å². The number of aliphatic imine (C=N–C) groups is 1. The molecule has 2 aromatic heterocycles. The van der Waals surface area contributed by atoms with Crippen LogP contribution in [-0.4, -0.2) is 33.8 Å². The van der Waals surface area contributed by atoms with Gasteiger partial charge < -0.3 is 10.6 Å². The van der Waals surface area contributed by atoms with E-state index >= 15 is 0 Å². The van der Waals surface area contributed by atoms with Gasteiger partial charge in [0.15, 0.2) is 5.96 Å². The van der Waals surface area contributed by atoms with E-state index in [-0.39, 0.29) is 24.0 Å². The summed E-state index contributed by atoms with van der Waals surface area (Å²) in [4.78, 5) is 8.88. The van der Waals surface area contributed by atoms with Crippen LogP contribution in [0.4, 0.5) is 0 Å². The van der Waals surface area contributed by atoms with Crippen molar-refractivity contribution in [2.45, 2.75) is 33.7 Å². The molecule has 0 aliphatic heterocycles. The number of hydrogen-bond acceptors (Lipinski definition) is 3. The molecule has 30 heavy (non-hydrogen) atoms. The van der Waals surface area contributed by atoms with Crippen LogP contribution in [-0.2, 0) is 13.0 Å². The minimum absolute atomic E-state index is 0. The maximum atomic E-state index is 5.84. The summed E-state index contributed by atoms with van der Waals surface area (Å²) in [5, 5.41) is 11.9. The lowest BCUT2D eigenvalue weighted by molar-refractivity contribution is 0.796. The molecule has 0 aliphatic carbocycles. The van der Waals surface area contributed by atoms with Gasteiger partial charge in [-0.05, 0) is 51.0 Å². The molecule has 8 heteroatoms. The Hall–Kier alpha value is -2.13. The van der Waals surface area contributed by atoms with E-state index in [1.165, 1.54) is 0 Å². The Balaban J connectivity index is 0.00000320. The van der Waals surface area contributed by atoms with E-state index in [0.717, 1.165) is 53.7 Å². The molecule has 0 fully saturated rings. The quantitative estimate of drug-likeness (QED) is 0.202. The number of guanidine groups is 1. The molecule has 0 bridgehead atoms. The number of aromatic nitrogens is 3. The molecule has 2 heterocycles. The van der Waals surface area contributed by atoms with Crippen LogP contribution in [0.25, 0.3) is 5.69 Å². The van der Waals surface area contributed by atoms with Gasteiger partial charge in [-0.25, -0.2) is 14.7 Å². The maximum Gasteiger partial charge on any atom is 0.191 e. The Bertz CT molecular complexity index is 954. The third-order valence-electron chi connectivity index (χ3n) is 4.68. The molecule has 0 atom stereocenters. The van der Waals surface area contributed by atoms with Crippen LogP contribution in [0.15, 0.2) is 53.7 Å². The average Bonchev–Trinajstić information content (AvgIpc) is 3.02. The topological polar surface area (TPSA) is 67.1 Å². The van der Waals surface area contributed by atoms with Gasteiger partial charge in [0, 0.05) is 30.5 Å². The molecular weight excluding hydrogens is 511 g/mol. The van der Waals surface area contributed by atoms with Gasteiger partial charge in [0.2, 0.25) is 0 Å². The van der Waals surface area contributed by atoms with Crippen LogP contribution >= 0.6 is 35.6 Å². The summed E-state index contributed by atoms with van der Waals surface area (Å²) < 4.78 is 1.98. The first-order valence-electron chi connectivity index (χ1n) is 9.81. The van der Waals surface area contributed by atoms with E-state index in [4.69, 9.17) is 21.7 Å². The number of benzene rings is 1. The van der Waals surface area contributed by atoms with Gasteiger partial charge >= 0.3 is 0 Å². The summed E-state index contributed by atoms with van der Waals surface area (Å²) >= 11 is 5.84. The van der Waals surface area contributed by atoms with Gasteiger partial charge in [-0.2, -0.15) is 5.10 Å². The molecule has 0 aliphatic rings. The fraction of sp³-hybridized carbons (Fsp3) is 0.318. The molecule has 0 unspecified atom stereocenters. The molecule has 160 valence electrons. The smallest absolute Gasteiger partial charge is 0.191 e. The number of nitrogens with zero attached hydrogens (tertiary/aromatic N) is 4. The monoisotopic (exact) mass is 538 g/mol. The number of aryl methyl sites for hydroxylation is 1. The number of hydrogen-bond donors (Lipinski definition) is 2. The lowest BCUT2D eigenvalue weighted by atomic mass is 10.2. The van der Waals surface area contributed by atoms with Crippen molar-refractivity contribution in [2.24, 2.45) is 4.99 Å². The van der Waals surface area contributed by atoms with Crippen molar-refractivity contribution in [3.8, 4) is 5.69 Å². The number of nitrogens with one attached hydrogen (secondary N) is 2. The number of halogens is 2. The van der Waals surface area contributed by atoms with Crippen LogP contribution in [0.1, 0.15) is 29.4 Å². The van der Waals surface area contributed by atoms with E-state index in [1.807, 2.05) is 41.9 Å². The highest BCUT2D eigenvalue weighted by Crippen LogP contribution is 2.18. The van der Waals surface area contributed by atoms with Crippen molar-refractivity contribution in [3.05, 3.63) is 76.3 Å². The van der Waals surface area contributed by atoms with E-state index in [9.17, 15) is 0 Å². The lowest BCUT2D eigenvalue weighted by Gasteiger charge is -2.11. The second-order valence-corrected chi connectivity index (χ2v) is 7.15. The molecule has 6 nitrogen and oxygen atoms in total. The normalized spacial score (nSPS) is 11.1. The van der Waals surface area contributed by atoms with Gasteiger partial charge in [0.05, 0.1) is 17.9 Å². The van der Waals surface area contributed by atoms with Crippen molar-refractivity contribution in [3.63, 3.8) is 0 Å². The second kappa shape index (κ2) is 11.9. The van der Waals surface area contributed by atoms with Crippen molar-refractivity contribution >= 4 is 41.5 Å². The van der Waals surface area contributed by atoms with Gasteiger partial charge in [-0.3, -0.25) is 0 Å². The van der Waals surface area contributed by atoms with Crippen molar-refractivity contribution in [2.75, 3.05) is 13.1 Å². The van der Waals surface area contributed by atoms with Crippen LogP contribution in [0, 0.1) is 13.8 Å². The highest BCUT2D eigenvalue weighted by Gasteiger charge is 2.12. The number of pyridine rings is 1. The molecule has 0 amide bonds. The third kappa shape index (κ3) is 6.43. The van der Waals surface area contributed by atoms with E-state index in [2.05, 4.69) is 41.6 Å². The largest absolute Gasteiger partial charge is 0.357 e. The van der Waals surface area contributed by atoms with Gasteiger partial charge in [0.25, 0.3) is 0 Å². The Morgan fingerprint density at radius 3 is 2.53 bits per heavy atom. The SMILES string of the molecule is CCNC(=NCc1c(C)nn(-c2ccccc2)c1C)NCCc1ccc(Cl)nc1.I. The first-order chi connectivity index (χ1) is 14.1. The summed E-state index contributed by atoms with van der Waals surface area (Å²) in [7, 11) is 0. The molecule has 3 rings (SSSR count). The Morgan fingerprint density at radius 2 is 1.87 bits per heavy atom. The number of para-hydroxylation sites is 1. The highest BCUT2D eigenvalue weighted by atomic mass is 127. The summed E-state index contributed by atoms with van der Waals surface area (Å²) in [5.74, 6) is 0.792. The Labute approximate surface area is 200 Å². The molecule has 1 aromatic carbocycles. The molecular formula is C22H28ClIN6. The summed E-state index contributed by atoms with van der Waals surface area (Å²) in [6.07, 6.45) is 2.65. The first kappa shape index (κ1) is 24.1. The predicted octanol–water partition coefficient (Wildman–Crippen LogP) is 4.45. The van der Waals surface area contributed by atoms with Crippen molar-refractivity contribution < 1.29 is 0 Å². The molecule has 2 N–H and O–H groups in total. The minimum Gasteiger partial charge on any atom is -0.357 e. The fourth-order valence-corrected chi connectivity index (χ4v) is 3.22. The molecule has 0 saturated heterocycles. The number of rotatable bonds is 7. The molecule has 0 saturated carbocycles. The Kier molecular flexibility index (Phi) is 9.58. The molecule has 0 radical (unpaired) electrons. The zero-order valence-corrected chi connectivity index (χ0v) is 20.6. The van der Waals surface area contributed by atoms with Gasteiger partial charge in [0.1, 0.15) is 5.15 Å². The van der Waals surface area contributed by atoms with Crippen LogP contribution in [0.5, 0.6) is 0 Å². The molecule has 3 aromatic rings. The van der Waals surface area contributed by atoms with Gasteiger partial charge in [-0.1, -0.05) is 35.9 Å². The standard InChI is InChI=1S/C22H27ClN6.HI/c1-4-24-22(25-13-12-18-10-11-21(23)26-14-18)27-15-20-16(2)28-29(17(20)3)19-8-6-5-7-9-19;/h5-11,14H,4,12-13,15H2,1-3H3,(H2,24,25,27);1H. The van der Waals surface area contributed by atoms with E-state index < -0.39 is 0 Å². The van der Waals surface area contributed by atoms with Gasteiger partial charge in [-0.15, -0.1) is 24.0 Å². The fourth-order valence-electron chi connectivity index (χ4n) is 3.10. The third-order valence-corrected chi connectivity index (χ3v) is 4.90. The first-order valence-corrected chi connectivity index (χ1v) is 10.2. The van der Waals surface area contributed by atoms with Crippen molar-refractivity contribution in [1.82, 2.24) is 25.4 Å². The van der Waals surface area contributed by atoms with E-state index in [1.54, 1.807) is 6.20 Å². The van der Waals surface area contributed by atoms with E-state index in [0.29, 0.717) is 11.7 Å². The minimum atomic E-state index is 0. The summed E-state index contributed by atoms with van der Waals surface area (Å²) in [6.45, 7) is 8.31. The lowest BCUT2D eigenvalue weighted by Crippen LogP contribution is -2.38. The molecule has 0 spiro atoms. The van der Waals surface area contributed by atoms with Crippen LogP contribution in [0.3, 0.4) is 0 Å². The van der Waals surface area contributed by atoms with Crippen molar-refractivity contribution in [1.29, 1.82) is 0 Å². The zero-order valence-electron chi connectivity index (χ0n) is 17.5. The van der Waals surface area contributed by atoms with Crippen LogP contribution < -0.4 is 10.6 Å². The summed E-state index contributed by atoms with van der Waals surface area (Å²) in [5.41, 5.74) is 5.45. The Morgan fingerprint density at radius 1 is 1.10 bits per heavy atom. The second-order valence-electron chi connectivity index (χ2n) is 6.76. The zero-order chi connectivity index (χ0) is 20.6. The average molecular weight is 539 g/mol. The maximum absolute atomic E-state index is 5.84.